The van der Waals surface area contributed by atoms with Gasteiger partial charge in [0, 0.05) is 14.2 Å². The van der Waals surface area contributed by atoms with Crippen LogP contribution >= 0.6 is 0 Å². The van der Waals surface area contributed by atoms with Gasteiger partial charge in [-0.05, 0) is 6.92 Å². The fraction of sp³-hybridized carbons (Fsp3) is 0.500. The van der Waals surface area contributed by atoms with Crippen LogP contribution in [-0.4, -0.2) is 46.8 Å². The Kier molecular flexibility index (Phi) is 3.38. The second-order valence-electron chi connectivity index (χ2n) is 3.59. The standard InChI is InChI=1S/C10H15N5O2/c1-6(4-16-3)17-9-7-8(13-5-12-7)14-10(11-2)15-9/h5-6H,4H2,1-3H3,(H2,11,12,13,14,15). The van der Waals surface area contributed by atoms with Gasteiger partial charge < -0.3 is 19.8 Å². The van der Waals surface area contributed by atoms with E-state index in [0.717, 1.165) is 0 Å². The predicted octanol–water partition coefficient (Wildman–Crippen LogP) is 0.808. The van der Waals surface area contributed by atoms with Gasteiger partial charge in [-0.3, -0.25) is 0 Å². The first kappa shape index (κ1) is 11.6. The summed E-state index contributed by atoms with van der Waals surface area (Å²) in [6, 6.07) is 0. The molecule has 1 atom stereocenters. The number of methoxy groups -OCH3 is 1. The van der Waals surface area contributed by atoms with Crippen molar-refractivity contribution in [3.05, 3.63) is 6.33 Å². The van der Waals surface area contributed by atoms with Gasteiger partial charge in [0.25, 0.3) is 0 Å². The van der Waals surface area contributed by atoms with Gasteiger partial charge in [-0.25, -0.2) is 4.98 Å². The topological polar surface area (TPSA) is 85.0 Å². The summed E-state index contributed by atoms with van der Waals surface area (Å²) in [5.74, 6) is 0.950. The van der Waals surface area contributed by atoms with Crippen LogP contribution in [0.2, 0.25) is 0 Å². The van der Waals surface area contributed by atoms with Gasteiger partial charge in [-0.15, -0.1) is 0 Å². The van der Waals surface area contributed by atoms with Crippen molar-refractivity contribution in [2.75, 3.05) is 26.1 Å². The molecule has 0 aromatic carbocycles. The van der Waals surface area contributed by atoms with E-state index in [4.69, 9.17) is 9.47 Å². The van der Waals surface area contributed by atoms with E-state index in [9.17, 15) is 0 Å². The second kappa shape index (κ2) is 4.96. The van der Waals surface area contributed by atoms with E-state index < -0.39 is 0 Å². The Morgan fingerprint density at radius 1 is 1.47 bits per heavy atom. The molecular formula is C10H15N5O2. The van der Waals surface area contributed by atoms with E-state index in [2.05, 4.69) is 25.3 Å². The lowest BCUT2D eigenvalue weighted by Crippen LogP contribution is -2.19. The third kappa shape index (κ3) is 2.44. The summed E-state index contributed by atoms with van der Waals surface area (Å²) in [4.78, 5) is 15.5. The second-order valence-corrected chi connectivity index (χ2v) is 3.59. The van der Waals surface area contributed by atoms with E-state index >= 15 is 0 Å². The van der Waals surface area contributed by atoms with Gasteiger partial charge in [0.15, 0.2) is 5.65 Å². The number of hydrogen-bond donors (Lipinski definition) is 2. The first-order valence-electron chi connectivity index (χ1n) is 5.29. The monoisotopic (exact) mass is 237 g/mol. The fourth-order valence-electron chi connectivity index (χ4n) is 1.46. The van der Waals surface area contributed by atoms with Gasteiger partial charge in [-0.2, -0.15) is 9.97 Å². The third-order valence-electron chi connectivity index (χ3n) is 2.19. The molecule has 0 aliphatic rings. The van der Waals surface area contributed by atoms with E-state index in [1.807, 2.05) is 6.92 Å². The first-order valence-corrected chi connectivity index (χ1v) is 5.29. The van der Waals surface area contributed by atoms with Gasteiger partial charge in [-0.1, -0.05) is 0 Å². The zero-order chi connectivity index (χ0) is 12.3. The molecule has 0 bridgehead atoms. The molecule has 0 aliphatic carbocycles. The Morgan fingerprint density at radius 3 is 3.00 bits per heavy atom. The van der Waals surface area contributed by atoms with Crippen molar-refractivity contribution in [2.45, 2.75) is 13.0 Å². The third-order valence-corrected chi connectivity index (χ3v) is 2.19. The lowest BCUT2D eigenvalue weighted by Gasteiger charge is -2.13. The number of anilines is 1. The van der Waals surface area contributed by atoms with Crippen molar-refractivity contribution in [1.82, 2.24) is 19.9 Å². The average molecular weight is 237 g/mol. The van der Waals surface area contributed by atoms with Crippen LogP contribution < -0.4 is 10.1 Å². The summed E-state index contributed by atoms with van der Waals surface area (Å²) in [6.07, 6.45) is 1.47. The van der Waals surface area contributed by atoms with Gasteiger partial charge >= 0.3 is 0 Å². The van der Waals surface area contributed by atoms with Crippen LogP contribution in [0.25, 0.3) is 11.2 Å². The molecule has 0 saturated heterocycles. The van der Waals surface area contributed by atoms with Crippen molar-refractivity contribution < 1.29 is 9.47 Å². The van der Waals surface area contributed by atoms with Crippen molar-refractivity contribution in [1.29, 1.82) is 0 Å². The SMILES string of the molecule is CNc1nc(OC(C)COC)c2[nH]cnc2n1. The van der Waals surface area contributed by atoms with Crippen LogP contribution in [0.5, 0.6) is 5.88 Å². The Morgan fingerprint density at radius 2 is 2.29 bits per heavy atom. The zero-order valence-corrected chi connectivity index (χ0v) is 10.0. The molecule has 0 saturated carbocycles. The maximum absolute atomic E-state index is 5.68. The number of fused-ring (bicyclic) bond motifs is 1. The molecule has 92 valence electrons. The average Bonchev–Trinajstić information content (AvgIpc) is 2.77. The highest BCUT2D eigenvalue weighted by molar-refractivity contribution is 5.76. The number of rotatable bonds is 5. The van der Waals surface area contributed by atoms with E-state index in [1.165, 1.54) is 0 Å². The predicted molar refractivity (Wildman–Crippen MR) is 63.2 cm³/mol. The summed E-state index contributed by atoms with van der Waals surface area (Å²) in [7, 11) is 3.38. The maximum atomic E-state index is 5.68. The quantitative estimate of drug-likeness (QED) is 0.800. The van der Waals surface area contributed by atoms with E-state index in [-0.39, 0.29) is 6.10 Å². The molecular weight excluding hydrogens is 222 g/mol. The largest absolute Gasteiger partial charge is 0.471 e. The molecule has 0 fully saturated rings. The highest BCUT2D eigenvalue weighted by Crippen LogP contribution is 2.21. The molecule has 7 nitrogen and oxygen atoms in total. The Labute approximate surface area is 98.6 Å². The van der Waals surface area contributed by atoms with Gasteiger partial charge in [0.1, 0.15) is 11.6 Å². The number of H-pyrrole nitrogens is 1. The summed E-state index contributed by atoms with van der Waals surface area (Å²) in [6.45, 7) is 2.40. The highest BCUT2D eigenvalue weighted by Gasteiger charge is 2.13. The summed E-state index contributed by atoms with van der Waals surface area (Å²) in [5.41, 5.74) is 1.26. The molecule has 2 rings (SSSR count). The molecule has 2 aromatic rings. The number of ether oxygens (including phenoxy) is 2. The molecule has 7 heteroatoms. The lowest BCUT2D eigenvalue weighted by atomic mass is 10.4. The van der Waals surface area contributed by atoms with E-state index in [0.29, 0.717) is 29.6 Å². The van der Waals surface area contributed by atoms with Crippen LogP contribution in [0.3, 0.4) is 0 Å². The minimum atomic E-state index is -0.0916. The van der Waals surface area contributed by atoms with Crippen LogP contribution in [-0.2, 0) is 4.74 Å². The van der Waals surface area contributed by atoms with Crippen LogP contribution in [0.15, 0.2) is 6.33 Å². The highest BCUT2D eigenvalue weighted by atomic mass is 16.5. The number of hydrogen-bond acceptors (Lipinski definition) is 6. The van der Waals surface area contributed by atoms with Crippen LogP contribution in [0, 0.1) is 0 Å². The smallest absolute Gasteiger partial charge is 0.245 e. The van der Waals surface area contributed by atoms with Crippen molar-refractivity contribution in [3.8, 4) is 5.88 Å². The molecule has 2 aromatic heterocycles. The zero-order valence-electron chi connectivity index (χ0n) is 10.0. The number of imidazole rings is 1. The minimum Gasteiger partial charge on any atom is -0.471 e. The lowest BCUT2D eigenvalue weighted by molar-refractivity contribution is 0.0900. The van der Waals surface area contributed by atoms with E-state index in [1.54, 1.807) is 20.5 Å². The normalized spacial score (nSPS) is 12.6. The number of aromatic nitrogens is 4. The summed E-state index contributed by atoms with van der Waals surface area (Å²) in [5, 5.41) is 2.87. The van der Waals surface area contributed by atoms with Gasteiger partial charge in [0.05, 0.1) is 12.9 Å². The molecule has 2 heterocycles. The number of nitrogens with zero attached hydrogens (tertiary/aromatic N) is 3. The first-order chi connectivity index (χ1) is 8.24. The molecule has 2 N–H and O–H groups in total. The molecule has 0 spiro atoms. The number of aromatic amines is 1. The van der Waals surface area contributed by atoms with Crippen molar-refractivity contribution in [2.24, 2.45) is 0 Å². The molecule has 1 unspecified atom stereocenters. The van der Waals surface area contributed by atoms with Crippen LogP contribution in [0.1, 0.15) is 6.92 Å². The molecule has 17 heavy (non-hydrogen) atoms. The fourth-order valence-corrected chi connectivity index (χ4v) is 1.46. The summed E-state index contributed by atoms with van der Waals surface area (Å²) < 4.78 is 10.7. The Bertz CT molecular complexity index is 498. The van der Waals surface area contributed by atoms with Crippen molar-refractivity contribution in [3.63, 3.8) is 0 Å². The maximum Gasteiger partial charge on any atom is 0.245 e. The van der Waals surface area contributed by atoms with Gasteiger partial charge in [0.2, 0.25) is 11.8 Å². The molecule has 0 amide bonds. The van der Waals surface area contributed by atoms with Crippen LogP contribution in [0.4, 0.5) is 5.95 Å². The Hall–Kier alpha value is -1.89. The number of nitrogens with one attached hydrogen (secondary N) is 2. The molecule has 0 radical (unpaired) electrons. The summed E-state index contributed by atoms with van der Waals surface area (Å²) >= 11 is 0. The minimum absolute atomic E-state index is 0.0916. The Balaban J connectivity index is 2.33. The van der Waals surface area contributed by atoms with Crippen molar-refractivity contribution >= 4 is 17.1 Å². The molecule has 0 aliphatic heterocycles.